The SMILES string of the molecule is CC(C)(C)OC(=O)NCC1CC(Oc2ccc(Br)cc2)C1. The van der Waals surface area contributed by atoms with Crippen molar-refractivity contribution < 1.29 is 14.3 Å². The van der Waals surface area contributed by atoms with Crippen molar-refractivity contribution in [1.82, 2.24) is 5.32 Å². The monoisotopic (exact) mass is 355 g/mol. The predicted octanol–water partition coefficient (Wildman–Crippen LogP) is 4.13. The molecule has 1 aliphatic rings. The van der Waals surface area contributed by atoms with E-state index >= 15 is 0 Å². The molecule has 1 fully saturated rings. The highest BCUT2D eigenvalue weighted by Crippen LogP contribution is 2.31. The van der Waals surface area contributed by atoms with Gasteiger partial charge in [-0.1, -0.05) is 15.9 Å². The molecule has 1 N–H and O–H groups in total. The molecule has 0 saturated heterocycles. The van der Waals surface area contributed by atoms with Crippen molar-refractivity contribution in [3.8, 4) is 5.75 Å². The van der Waals surface area contributed by atoms with Gasteiger partial charge in [-0.05, 0) is 63.8 Å². The lowest BCUT2D eigenvalue weighted by molar-refractivity contribution is 0.0415. The Labute approximate surface area is 134 Å². The molecule has 0 atom stereocenters. The summed E-state index contributed by atoms with van der Waals surface area (Å²) in [6.07, 6.45) is 1.83. The second kappa shape index (κ2) is 6.69. The smallest absolute Gasteiger partial charge is 0.407 e. The molecule has 4 nitrogen and oxygen atoms in total. The minimum atomic E-state index is -0.447. The molecule has 0 radical (unpaired) electrons. The van der Waals surface area contributed by atoms with Crippen molar-refractivity contribution in [3.05, 3.63) is 28.7 Å². The Morgan fingerprint density at radius 3 is 2.48 bits per heavy atom. The summed E-state index contributed by atoms with van der Waals surface area (Å²) in [6.45, 7) is 6.23. The maximum atomic E-state index is 11.5. The van der Waals surface area contributed by atoms with Crippen molar-refractivity contribution in [3.63, 3.8) is 0 Å². The number of halogens is 1. The molecule has 2 rings (SSSR count). The van der Waals surface area contributed by atoms with E-state index in [4.69, 9.17) is 9.47 Å². The van der Waals surface area contributed by atoms with E-state index in [-0.39, 0.29) is 12.2 Å². The van der Waals surface area contributed by atoms with Gasteiger partial charge in [-0.15, -0.1) is 0 Å². The van der Waals surface area contributed by atoms with Gasteiger partial charge in [0.25, 0.3) is 0 Å². The molecule has 0 aromatic heterocycles. The summed E-state index contributed by atoms with van der Waals surface area (Å²) in [5.41, 5.74) is -0.447. The maximum absolute atomic E-state index is 11.5. The number of carbonyl (C=O) groups is 1. The summed E-state index contributed by atoms with van der Waals surface area (Å²) in [5, 5.41) is 2.81. The number of carbonyl (C=O) groups excluding carboxylic acids is 1. The number of ether oxygens (including phenoxy) is 2. The number of nitrogens with one attached hydrogen (secondary N) is 1. The molecule has 0 heterocycles. The average molecular weight is 356 g/mol. The third kappa shape index (κ3) is 5.58. The maximum Gasteiger partial charge on any atom is 0.407 e. The van der Waals surface area contributed by atoms with Crippen LogP contribution in [0.5, 0.6) is 5.75 Å². The fraction of sp³-hybridized carbons (Fsp3) is 0.562. The van der Waals surface area contributed by atoms with Gasteiger partial charge < -0.3 is 14.8 Å². The van der Waals surface area contributed by atoms with E-state index in [0.717, 1.165) is 23.1 Å². The van der Waals surface area contributed by atoms with Crippen molar-refractivity contribution in [2.75, 3.05) is 6.54 Å². The van der Waals surface area contributed by atoms with Gasteiger partial charge in [0, 0.05) is 11.0 Å². The molecule has 0 unspecified atom stereocenters. The van der Waals surface area contributed by atoms with Gasteiger partial charge in [-0.25, -0.2) is 4.79 Å². The van der Waals surface area contributed by atoms with Crippen LogP contribution in [0.1, 0.15) is 33.6 Å². The zero-order chi connectivity index (χ0) is 15.5. The van der Waals surface area contributed by atoms with Gasteiger partial charge in [-0.2, -0.15) is 0 Å². The van der Waals surface area contributed by atoms with Crippen LogP contribution in [0.3, 0.4) is 0 Å². The van der Waals surface area contributed by atoms with E-state index < -0.39 is 5.60 Å². The van der Waals surface area contributed by atoms with Crippen LogP contribution < -0.4 is 10.1 Å². The van der Waals surface area contributed by atoms with Gasteiger partial charge in [0.15, 0.2) is 0 Å². The summed E-state index contributed by atoms with van der Waals surface area (Å²) in [7, 11) is 0. The highest BCUT2D eigenvalue weighted by molar-refractivity contribution is 9.10. The predicted molar refractivity (Wildman–Crippen MR) is 85.5 cm³/mol. The fourth-order valence-electron chi connectivity index (χ4n) is 2.18. The van der Waals surface area contributed by atoms with Crippen LogP contribution in [0, 0.1) is 5.92 Å². The molecule has 0 aliphatic heterocycles. The van der Waals surface area contributed by atoms with Crippen LogP contribution >= 0.6 is 15.9 Å². The lowest BCUT2D eigenvalue weighted by Gasteiger charge is -2.35. The first-order chi connectivity index (χ1) is 9.82. The van der Waals surface area contributed by atoms with Crippen LogP contribution in [0.2, 0.25) is 0 Å². The average Bonchev–Trinajstić information content (AvgIpc) is 2.32. The molecule has 21 heavy (non-hydrogen) atoms. The fourth-order valence-corrected chi connectivity index (χ4v) is 2.45. The standard InChI is InChI=1S/C16H22BrNO3/c1-16(2,3)21-15(19)18-10-11-8-14(9-11)20-13-6-4-12(17)5-7-13/h4-7,11,14H,8-10H2,1-3H3,(H,18,19). The molecule has 1 aliphatic carbocycles. The Balaban J connectivity index is 1.63. The highest BCUT2D eigenvalue weighted by Gasteiger charge is 2.31. The van der Waals surface area contributed by atoms with E-state index in [1.165, 1.54) is 0 Å². The van der Waals surface area contributed by atoms with E-state index in [2.05, 4.69) is 21.2 Å². The Morgan fingerprint density at radius 2 is 1.90 bits per heavy atom. The van der Waals surface area contributed by atoms with E-state index in [0.29, 0.717) is 12.5 Å². The normalized spacial score (nSPS) is 21.3. The van der Waals surface area contributed by atoms with E-state index in [1.54, 1.807) is 0 Å². The van der Waals surface area contributed by atoms with Crippen LogP contribution in [0.25, 0.3) is 0 Å². The van der Waals surface area contributed by atoms with Crippen molar-refractivity contribution in [1.29, 1.82) is 0 Å². The minimum absolute atomic E-state index is 0.247. The molecule has 116 valence electrons. The van der Waals surface area contributed by atoms with Crippen molar-refractivity contribution in [2.24, 2.45) is 5.92 Å². The Morgan fingerprint density at radius 1 is 1.29 bits per heavy atom. The molecule has 0 bridgehead atoms. The lowest BCUT2D eigenvalue weighted by Crippen LogP contribution is -2.42. The molecular formula is C16H22BrNO3. The van der Waals surface area contributed by atoms with Gasteiger partial charge in [0.05, 0.1) is 6.10 Å². The third-order valence-corrected chi connectivity index (χ3v) is 3.77. The van der Waals surface area contributed by atoms with Crippen LogP contribution in [-0.2, 0) is 4.74 Å². The first-order valence-electron chi connectivity index (χ1n) is 7.21. The summed E-state index contributed by atoms with van der Waals surface area (Å²) in [6, 6.07) is 7.85. The number of hydrogen-bond acceptors (Lipinski definition) is 3. The van der Waals surface area contributed by atoms with Gasteiger partial charge in [0.1, 0.15) is 11.4 Å². The molecule has 1 saturated carbocycles. The zero-order valence-corrected chi connectivity index (χ0v) is 14.3. The first-order valence-corrected chi connectivity index (χ1v) is 8.00. The summed E-state index contributed by atoms with van der Waals surface area (Å²) in [4.78, 5) is 11.5. The van der Waals surface area contributed by atoms with Gasteiger partial charge in [-0.3, -0.25) is 0 Å². The minimum Gasteiger partial charge on any atom is -0.490 e. The van der Waals surface area contributed by atoms with Crippen molar-refractivity contribution in [2.45, 2.75) is 45.3 Å². The third-order valence-electron chi connectivity index (χ3n) is 3.24. The largest absolute Gasteiger partial charge is 0.490 e. The quantitative estimate of drug-likeness (QED) is 0.882. The second-order valence-electron chi connectivity index (χ2n) is 6.41. The molecule has 5 heteroatoms. The molecule has 1 aromatic rings. The Kier molecular flexibility index (Phi) is 5.14. The van der Waals surface area contributed by atoms with E-state index in [9.17, 15) is 4.79 Å². The molecule has 1 aromatic carbocycles. The molecular weight excluding hydrogens is 334 g/mol. The van der Waals surface area contributed by atoms with Crippen LogP contribution in [0.4, 0.5) is 4.79 Å². The summed E-state index contributed by atoms with van der Waals surface area (Å²) < 4.78 is 12.1. The van der Waals surface area contributed by atoms with Crippen LogP contribution in [0.15, 0.2) is 28.7 Å². The number of hydrogen-bond donors (Lipinski definition) is 1. The van der Waals surface area contributed by atoms with Crippen LogP contribution in [-0.4, -0.2) is 24.3 Å². The van der Waals surface area contributed by atoms with Gasteiger partial charge >= 0.3 is 6.09 Å². The molecule has 1 amide bonds. The highest BCUT2D eigenvalue weighted by atomic mass is 79.9. The first kappa shape index (κ1) is 16.1. The Hall–Kier alpha value is -1.23. The second-order valence-corrected chi connectivity index (χ2v) is 7.33. The van der Waals surface area contributed by atoms with E-state index in [1.807, 2.05) is 45.0 Å². The lowest BCUT2D eigenvalue weighted by atomic mass is 9.82. The number of benzene rings is 1. The number of alkyl carbamates (subject to hydrolysis) is 1. The van der Waals surface area contributed by atoms with Gasteiger partial charge in [0.2, 0.25) is 0 Å². The molecule has 0 spiro atoms. The van der Waals surface area contributed by atoms with Crippen molar-refractivity contribution >= 4 is 22.0 Å². The number of rotatable bonds is 4. The topological polar surface area (TPSA) is 47.6 Å². The zero-order valence-electron chi connectivity index (χ0n) is 12.7. The summed E-state index contributed by atoms with van der Waals surface area (Å²) >= 11 is 3.40. The summed E-state index contributed by atoms with van der Waals surface area (Å²) in [5.74, 6) is 1.36. The number of amides is 1. The Bertz CT molecular complexity index is 475.